The van der Waals surface area contributed by atoms with Crippen molar-refractivity contribution in [2.45, 2.75) is 64.5 Å². The molecule has 0 aliphatic heterocycles. The van der Waals surface area contributed by atoms with Crippen LogP contribution in [0.4, 0.5) is 0 Å². The maximum atomic E-state index is 5.76. The van der Waals surface area contributed by atoms with E-state index in [4.69, 9.17) is 8.85 Å². The number of hydrogen-bond donors (Lipinski definition) is 1. The molecule has 1 unspecified atom stereocenters. The standard InChI is InChI=1S/C13H29NO2Si/c1-4-15-17(16-5-2)12(3)11-14-13-9-7-6-8-10-13/h12-14,17H,4-11H2,1-3H3. The van der Waals surface area contributed by atoms with Crippen LogP contribution in [0.5, 0.6) is 0 Å². The molecule has 1 atom stereocenters. The molecule has 1 aliphatic rings. The van der Waals surface area contributed by atoms with Gasteiger partial charge in [-0.1, -0.05) is 26.2 Å². The highest BCUT2D eigenvalue weighted by atomic mass is 28.3. The van der Waals surface area contributed by atoms with Gasteiger partial charge in [0.1, 0.15) is 0 Å². The molecule has 0 spiro atoms. The molecule has 0 aromatic rings. The molecule has 1 saturated carbocycles. The Kier molecular flexibility index (Phi) is 8.10. The van der Waals surface area contributed by atoms with Gasteiger partial charge < -0.3 is 14.2 Å². The molecule has 0 aromatic carbocycles. The molecular weight excluding hydrogens is 230 g/mol. The number of hydrogen-bond acceptors (Lipinski definition) is 3. The van der Waals surface area contributed by atoms with Gasteiger partial charge in [-0.15, -0.1) is 0 Å². The Morgan fingerprint density at radius 2 is 1.71 bits per heavy atom. The zero-order valence-corrected chi connectivity index (χ0v) is 12.9. The van der Waals surface area contributed by atoms with Crippen LogP contribution in [0.2, 0.25) is 5.54 Å². The first-order chi connectivity index (χ1) is 8.27. The van der Waals surface area contributed by atoms with Gasteiger partial charge in [0.2, 0.25) is 0 Å². The fraction of sp³-hybridized carbons (Fsp3) is 1.00. The molecule has 3 nitrogen and oxygen atoms in total. The van der Waals surface area contributed by atoms with Crippen molar-refractivity contribution in [1.82, 2.24) is 5.32 Å². The maximum absolute atomic E-state index is 5.76. The van der Waals surface area contributed by atoms with Crippen LogP contribution in [0.3, 0.4) is 0 Å². The quantitative estimate of drug-likeness (QED) is 0.680. The van der Waals surface area contributed by atoms with E-state index >= 15 is 0 Å². The molecule has 1 N–H and O–H groups in total. The molecule has 0 aromatic heterocycles. The molecule has 0 radical (unpaired) electrons. The lowest BCUT2D eigenvalue weighted by molar-refractivity contribution is 0.203. The molecule has 17 heavy (non-hydrogen) atoms. The second-order valence-corrected chi connectivity index (χ2v) is 7.54. The van der Waals surface area contributed by atoms with Crippen LogP contribution in [-0.4, -0.2) is 35.1 Å². The SMILES string of the molecule is CCO[SiH](OCC)C(C)CNC1CCCCC1. The summed E-state index contributed by atoms with van der Waals surface area (Å²) in [6.07, 6.45) is 6.90. The van der Waals surface area contributed by atoms with E-state index in [1.165, 1.54) is 32.1 Å². The van der Waals surface area contributed by atoms with Gasteiger partial charge in [-0.05, 0) is 33.2 Å². The summed E-state index contributed by atoms with van der Waals surface area (Å²) >= 11 is 0. The molecule has 0 bridgehead atoms. The normalized spacial score (nSPS) is 19.8. The minimum absolute atomic E-state index is 0.553. The third kappa shape index (κ3) is 6.00. The van der Waals surface area contributed by atoms with Crippen LogP contribution < -0.4 is 5.32 Å². The maximum Gasteiger partial charge on any atom is 0.325 e. The molecule has 1 aliphatic carbocycles. The smallest absolute Gasteiger partial charge is 0.325 e. The van der Waals surface area contributed by atoms with Crippen LogP contribution in [-0.2, 0) is 8.85 Å². The Hall–Kier alpha value is 0.0969. The van der Waals surface area contributed by atoms with Gasteiger partial charge in [0.15, 0.2) is 0 Å². The highest BCUT2D eigenvalue weighted by Crippen LogP contribution is 2.18. The second-order valence-electron chi connectivity index (χ2n) is 5.00. The van der Waals surface area contributed by atoms with Gasteiger partial charge in [-0.3, -0.25) is 0 Å². The third-order valence-electron chi connectivity index (χ3n) is 3.46. The first kappa shape index (κ1) is 15.2. The molecule has 102 valence electrons. The minimum atomic E-state index is -1.46. The zero-order chi connectivity index (χ0) is 12.5. The second kappa shape index (κ2) is 9.08. The van der Waals surface area contributed by atoms with Crippen molar-refractivity contribution in [2.24, 2.45) is 0 Å². The molecular formula is C13H29NO2Si. The Morgan fingerprint density at radius 3 is 2.24 bits per heavy atom. The average molecular weight is 259 g/mol. The third-order valence-corrected chi connectivity index (χ3v) is 5.95. The first-order valence-electron chi connectivity index (χ1n) is 7.24. The van der Waals surface area contributed by atoms with Crippen LogP contribution in [0.15, 0.2) is 0 Å². The van der Waals surface area contributed by atoms with E-state index in [0.29, 0.717) is 5.54 Å². The molecule has 1 rings (SSSR count). The Labute approximate surface area is 108 Å². The fourth-order valence-corrected chi connectivity index (χ4v) is 4.20. The largest absolute Gasteiger partial charge is 0.397 e. The summed E-state index contributed by atoms with van der Waals surface area (Å²) in [6, 6.07) is 0.740. The van der Waals surface area contributed by atoms with Crippen molar-refractivity contribution in [1.29, 1.82) is 0 Å². The van der Waals surface area contributed by atoms with Crippen molar-refractivity contribution < 1.29 is 8.85 Å². The van der Waals surface area contributed by atoms with E-state index in [9.17, 15) is 0 Å². The van der Waals surface area contributed by atoms with E-state index in [2.05, 4.69) is 26.1 Å². The summed E-state index contributed by atoms with van der Waals surface area (Å²) < 4.78 is 11.5. The molecule has 0 amide bonds. The number of nitrogens with one attached hydrogen (secondary N) is 1. The summed E-state index contributed by atoms with van der Waals surface area (Å²) in [5.41, 5.74) is 0.553. The topological polar surface area (TPSA) is 30.5 Å². The first-order valence-corrected chi connectivity index (χ1v) is 8.85. The van der Waals surface area contributed by atoms with Crippen LogP contribution in [0.25, 0.3) is 0 Å². The highest BCUT2D eigenvalue weighted by Gasteiger charge is 2.22. The predicted octanol–water partition coefficient (Wildman–Crippen LogP) is 2.59. The summed E-state index contributed by atoms with van der Waals surface area (Å²) in [5, 5.41) is 3.69. The minimum Gasteiger partial charge on any atom is -0.397 e. The van der Waals surface area contributed by atoms with Gasteiger partial charge in [0.25, 0.3) is 0 Å². The van der Waals surface area contributed by atoms with Gasteiger partial charge in [0, 0.05) is 24.8 Å². The lowest BCUT2D eigenvalue weighted by Gasteiger charge is -2.27. The highest BCUT2D eigenvalue weighted by molar-refractivity contribution is 6.46. The van der Waals surface area contributed by atoms with E-state index < -0.39 is 9.28 Å². The lowest BCUT2D eigenvalue weighted by Crippen LogP contribution is -2.38. The van der Waals surface area contributed by atoms with Crippen LogP contribution in [0.1, 0.15) is 52.9 Å². The summed E-state index contributed by atoms with van der Waals surface area (Å²) in [5.74, 6) is 0. The molecule has 0 heterocycles. The average Bonchev–Trinajstić information content (AvgIpc) is 2.37. The predicted molar refractivity (Wildman–Crippen MR) is 74.7 cm³/mol. The molecule has 1 fully saturated rings. The molecule has 4 heteroatoms. The Bertz CT molecular complexity index is 180. The van der Waals surface area contributed by atoms with Crippen molar-refractivity contribution in [2.75, 3.05) is 19.8 Å². The van der Waals surface area contributed by atoms with Crippen LogP contribution >= 0.6 is 0 Å². The van der Waals surface area contributed by atoms with Crippen molar-refractivity contribution in [3.8, 4) is 0 Å². The van der Waals surface area contributed by atoms with Crippen molar-refractivity contribution >= 4 is 9.28 Å². The van der Waals surface area contributed by atoms with E-state index in [1.54, 1.807) is 0 Å². The van der Waals surface area contributed by atoms with Gasteiger partial charge in [-0.2, -0.15) is 0 Å². The van der Waals surface area contributed by atoms with Gasteiger partial charge in [0.05, 0.1) is 0 Å². The van der Waals surface area contributed by atoms with Gasteiger partial charge >= 0.3 is 9.28 Å². The lowest BCUT2D eigenvalue weighted by atomic mass is 9.95. The van der Waals surface area contributed by atoms with Crippen molar-refractivity contribution in [3.05, 3.63) is 0 Å². The summed E-state index contributed by atoms with van der Waals surface area (Å²) in [6.45, 7) is 9.00. The van der Waals surface area contributed by atoms with Crippen LogP contribution in [0, 0.1) is 0 Å². The summed E-state index contributed by atoms with van der Waals surface area (Å²) in [4.78, 5) is 0. The fourth-order valence-electron chi connectivity index (χ4n) is 2.46. The number of rotatable bonds is 8. The van der Waals surface area contributed by atoms with Crippen molar-refractivity contribution in [3.63, 3.8) is 0 Å². The Morgan fingerprint density at radius 1 is 1.12 bits per heavy atom. The Balaban J connectivity index is 2.22. The van der Waals surface area contributed by atoms with Gasteiger partial charge in [-0.25, -0.2) is 0 Å². The zero-order valence-electron chi connectivity index (χ0n) is 11.7. The monoisotopic (exact) mass is 259 g/mol. The molecule has 0 saturated heterocycles. The van der Waals surface area contributed by atoms with E-state index in [-0.39, 0.29) is 0 Å². The summed E-state index contributed by atoms with van der Waals surface area (Å²) in [7, 11) is -1.46. The van der Waals surface area contributed by atoms with E-state index in [1.807, 2.05) is 0 Å². The van der Waals surface area contributed by atoms with E-state index in [0.717, 1.165) is 25.8 Å².